The van der Waals surface area contributed by atoms with Crippen molar-refractivity contribution < 1.29 is 4.74 Å². The molecule has 0 saturated heterocycles. The van der Waals surface area contributed by atoms with Gasteiger partial charge in [0.15, 0.2) is 0 Å². The number of benzene rings is 1. The van der Waals surface area contributed by atoms with Gasteiger partial charge in [0.2, 0.25) is 0 Å². The number of ether oxygens (including phenoxy) is 1. The second-order valence-electron chi connectivity index (χ2n) is 5.28. The Morgan fingerprint density at radius 3 is 2.71 bits per heavy atom. The van der Waals surface area contributed by atoms with Crippen LogP contribution in [0.4, 0.5) is 0 Å². The Bertz CT molecular complexity index is 635. The minimum absolute atomic E-state index is 0.0538. The quantitative estimate of drug-likeness (QED) is 0.889. The molecule has 1 unspecified atom stereocenters. The predicted octanol–water partition coefficient (Wildman–Crippen LogP) is 3.88. The van der Waals surface area contributed by atoms with Crippen LogP contribution in [0.3, 0.4) is 0 Å². The Morgan fingerprint density at radius 1 is 1.38 bits per heavy atom. The molecule has 1 heterocycles. The molecule has 0 aliphatic heterocycles. The molecule has 0 fully saturated rings. The van der Waals surface area contributed by atoms with E-state index in [4.69, 9.17) is 10.5 Å². The molecule has 5 heteroatoms. The van der Waals surface area contributed by atoms with Crippen molar-refractivity contribution >= 4 is 15.9 Å². The van der Waals surface area contributed by atoms with Gasteiger partial charge in [0.05, 0.1) is 15.9 Å². The van der Waals surface area contributed by atoms with Crippen LogP contribution in [0.1, 0.15) is 42.4 Å². The van der Waals surface area contributed by atoms with Crippen molar-refractivity contribution in [1.82, 2.24) is 9.78 Å². The van der Waals surface area contributed by atoms with Gasteiger partial charge in [-0.05, 0) is 55.3 Å². The van der Waals surface area contributed by atoms with Crippen molar-refractivity contribution in [3.63, 3.8) is 0 Å². The fourth-order valence-electron chi connectivity index (χ4n) is 2.30. The molecule has 0 bridgehead atoms. The van der Waals surface area contributed by atoms with E-state index < -0.39 is 0 Å². The van der Waals surface area contributed by atoms with E-state index in [0.717, 1.165) is 39.3 Å². The largest absolute Gasteiger partial charge is 0.487 e. The molecule has 0 amide bonds. The first kappa shape index (κ1) is 16.0. The second-order valence-corrected chi connectivity index (χ2v) is 6.07. The van der Waals surface area contributed by atoms with Crippen molar-refractivity contribution in [2.75, 3.05) is 0 Å². The fraction of sp³-hybridized carbons (Fsp3) is 0.438. The lowest BCUT2D eigenvalue weighted by Gasteiger charge is -2.15. The lowest BCUT2D eigenvalue weighted by Crippen LogP contribution is -2.10. The molecule has 0 aliphatic rings. The highest BCUT2D eigenvalue weighted by Crippen LogP contribution is 2.28. The highest BCUT2D eigenvalue weighted by molar-refractivity contribution is 9.10. The summed E-state index contributed by atoms with van der Waals surface area (Å²) in [6.07, 6.45) is 0. The zero-order chi connectivity index (χ0) is 15.6. The summed E-state index contributed by atoms with van der Waals surface area (Å²) in [5, 5.41) is 4.48. The molecule has 114 valence electrons. The van der Waals surface area contributed by atoms with Crippen molar-refractivity contribution in [2.45, 2.75) is 46.9 Å². The van der Waals surface area contributed by atoms with E-state index in [1.54, 1.807) is 0 Å². The van der Waals surface area contributed by atoms with E-state index in [2.05, 4.69) is 34.0 Å². The number of nitrogens with two attached hydrogens (primary N) is 1. The van der Waals surface area contributed by atoms with Gasteiger partial charge in [-0.25, -0.2) is 0 Å². The molecule has 1 atom stereocenters. The van der Waals surface area contributed by atoms with Gasteiger partial charge < -0.3 is 10.5 Å². The zero-order valence-electron chi connectivity index (χ0n) is 13.0. The minimum atomic E-state index is -0.0538. The second kappa shape index (κ2) is 6.62. The normalized spacial score (nSPS) is 12.5. The summed E-state index contributed by atoms with van der Waals surface area (Å²) in [6.45, 7) is 9.36. The number of nitrogens with zero attached hydrogens (tertiary/aromatic N) is 2. The Labute approximate surface area is 134 Å². The molecule has 21 heavy (non-hydrogen) atoms. The monoisotopic (exact) mass is 351 g/mol. The van der Waals surface area contributed by atoms with Gasteiger partial charge >= 0.3 is 0 Å². The van der Waals surface area contributed by atoms with Crippen molar-refractivity contribution in [3.8, 4) is 5.75 Å². The Balaban J connectivity index is 2.26. The molecule has 1 aromatic heterocycles. The van der Waals surface area contributed by atoms with Crippen molar-refractivity contribution in [3.05, 3.63) is 45.2 Å². The molecule has 0 aliphatic carbocycles. The average Bonchev–Trinajstić information content (AvgIpc) is 2.71. The molecule has 2 aromatic rings. The molecular formula is C16H22BrN3O. The maximum Gasteiger partial charge on any atom is 0.131 e. The van der Waals surface area contributed by atoms with Crippen LogP contribution in [0, 0.1) is 13.8 Å². The van der Waals surface area contributed by atoms with Crippen LogP contribution in [-0.2, 0) is 13.2 Å². The summed E-state index contributed by atoms with van der Waals surface area (Å²) in [6, 6.07) is 6.07. The van der Waals surface area contributed by atoms with E-state index >= 15 is 0 Å². The third kappa shape index (κ3) is 3.47. The van der Waals surface area contributed by atoms with Gasteiger partial charge in [0.25, 0.3) is 0 Å². The molecule has 0 spiro atoms. The summed E-state index contributed by atoms with van der Waals surface area (Å²) in [4.78, 5) is 0. The summed E-state index contributed by atoms with van der Waals surface area (Å²) in [7, 11) is 0. The summed E-state index contributed by atoms with van der Waals surface area (Å²) in [5.41, 5.74) is 10.2. The standard InChI is InChI=1S/C16H22BrN3O/c1-5-20-14(16(17)12(4)19-20)9-21-15-8-10(2)6-7-13(15)11(3)18/h6-8,11H,5,9,18H2,1-4H3. The van der Waals surface area contributed by atoms with Crippen molar-refractivity contribution in [2.24, 2.45) is 5.73 Å². The lowest BCUT2D eigenvalue weighted by molar-refractivity contribution is 0.287. The molecule has 4 nitrogen and oxygen atoms in total. The highest BCUT2D eigenvalue weighted by Gasteiger charge is 2.14. The first-order chi connectivity index (χ1) is 9.93. The molecule has 0 radical (unpaired) electrons. The first-order valence-electron chi connectivity index (χ1n) is 7.14. The molecule has 0 saturated carbocycles. The smallest absolute Gasteiger partial charge is 0.131 e. The first-order valence-corrected chi connectivity index (χ1v) is 7.94. The third-order valence-electron chi connectivity index (χ3n) is 3.48. The van der Waals surface area contributed by atoms with Gasteiger partial charge in [-0.2, -0.15) is 5.10 Å². The summed E-state index contributed by atoms with van der Waals surface area (Å²) < 4.78 is 9.00. The SMILES string of the molecule is CCn1nc(C)c(Br)c1COc1cc(C)ccc1C(C)N. The van der Waals surface area contributed by atoms with Crippen LogP contribution in [-0.4, -0.2) is 9.78 Å². The molecule has 2 rings (SSSR count). The number of aromatic nitrogens is 2. The van der Waals surface area contributed by atoms with Gasteiger partial charge in [-0.1, -0.05) is 12.1 Å². The van der Waals surface area contributed by atoms with Gasteiger partial charge in [-0.15, -0.1) is 0 Å². The predicted molar refractivity (Wildman–Crippen MR) is 88.5 cm³/mol. The van der Waals surface area contributed by atoms with Gasteiger partial charge in [0, 0.05) is 18.2 Å². The van der Waals surface area contributed by atoms with E-state index in [0.29, 0.717) is 6.61 Å². The Morgan fingerprint density at radius 2 is 2.10 bits per heavy atom. The van der Waals surface area contributed by atoms with Crippen LogP contribution in [0.15, 0.2) is 22.7 Å². The van der Waals surface area contributed by atoms with E-state index in [1.165, 1.54) is 0 Å². The van der Waals surface area contributed by atoms with Crippen LogP contribution in [0.25, 0.3) is 0 Å². The summed E-state index contributed by atoms with van der Waals surface area (Å²) >= 11 is 3.59. The maximum atomic E-state index is 6.03. The Kier molecular flexibility index (Phi) is 5.06. The highest BCUT2D eigenvalue weighted by atomic mass is 79.9. The topological polar surface area (TPSA) is 53.1 Å². The number of hydrogen-bond acceptors (Lipinski definition) is 3. The van der Waals surface area contributed by atoms with Gasteiger partial charge in [-0.3, -0.25) is 4.68 Å². The number of halogens is 1. The number of hydrogen-bond donors (Lipinski definition) is 1. The average molecular weight is 352 g/mol. The Hall–Kier alpha value is -1.33. The van der Waals surface area contributed by atoms with E-state index in [-0.39, 0.29) is 6.04 Å². The van der Waals surface area contributed by atoms with E-state index in [1.807, 2.05) is 37.6 Å². The number of aryl methyl sites for hydroxylation is 3. The zero-order valence-corrected chi connectivity index (χ0v) is 14.6. The van der Waals surface area contributed by atoms with Crippen LogP contribution < -0.4 is 10.5 Å². The van der Waals surface area contributed by atoms with Gasteiger partial charge in [0.1, 0.15) is 12.4 Å². The van der Waals surface area contributed by atoms with Crippen molar-refractivity contribution in [1.29, 1.82) is 0 Å². The maximum absolute atomic E-state index is 6.03. The van der Waals surface area contributed by atoms with Crippen LogP contribution >= 0.6 is 15.9 Å². The lowest BCUT2D eigenvalue weighted by atomic mass is 10.1. The number of rotatable bonds is 5. The molecular weight excluding hydrogens is 330 g/mol. The molecule has 2 N–H and O–H groups in total. The third-order valence-corrected chi connectivity index (χ3v) is 4.51. The van der Waals surface area contributed by atoms with Crippen LogP contribution in [0.5, 0.6) is 5.75 Å². The molecule has 1 aromatic carbocycles. The van der Waals surface area contributed by atoms with E-state index in [9.17, 15) is 0 Å². The summed E-state index contributed by atoms with van der Waals surface area (Å²) in [5.74, 6) is 0.846. The fourth-order valence-corrected chi connectivity index (χ4v) is 2.69. The minimum Gasteiger partial charge on any atom is -0.487 e. The van der Waals surface area contributed by atoms with Crippen LogP contribution in [0.2, 0.25) is 0 Å².